The molecular weight excluding hydrogens is 432 g/mol. The monoisotopic (exact) mass is 449 g/mol. The SMILES string of the molecule is O=C(COC(=O)CCC(=O)c1ccc2c(c1)OCCO2)Nc1ccc2c(c1)OC(F)(F)O2. The smallest absolute Gasteiger partial charge is 0.486 e. The van der Waals surface area contributed by atoms with Gasteiger partial charge in [-0.15, -0.1) is 8.78 Å². The summed E-state index contributed by atoms with van der Waals surface area (Å²) in [5, 5.41) is 2.38. The maximum atomic E-state index is 13.0. The first-order valence-corrected chi connectivity index (χ1v) is 9.57. The van der Waals surface area contributed by atoms with E-state index >= 15 is 0 Å². The summed E-state index contributed by atoms with van der Waals surface area (Å²) in [5.74, 6) is -1.11. The van der Waals surface area contributed by atoms with Gasteiger partial charge in [0, 0.05) is 23.7 Å². The molecule has 0 saturated carbocycles. The predicted octanol–water partition coefficient (Wildman–Crippen LogP) is 2.92. The Morgan fingerprint density at radius 3 is 2.44 bits per heavy atom. The summed E-state index contributed by atoms with van der Waals surface area (Å²) in [5.41, 5.74) is 0.521. The molecule has 2 aromatic carbocycles. The van der Waals surface area contributed by atoms with Crippen molar-refractivity contribution >= 4 is 23.3 Å². The average molecular weight is 449 g/mol. The molecule has 1 N–H and O–H groups in total. The van der Waals surface area contributed by atoms with Crippen molar-refractivity contribution in [1.29, 1.82) is 0 Å². The number of fused-ring (bicyclic) bond motifs is 2. The van der Waals surface area contributed by atoms with Crippen LogP contribution in [0.25, 0.3) is 0 Å². The van der Waals surface area contributed by atoms with Crippen LogP contribution in [0.1, 0.15) is 23.2 Å². The molecule has 0 spiro atoms. The van der Waals surface area contributed by atoms with Gasteiger partial charge in [-0.1, -0.05) is 0 Å². The number of hydrogen-bond acceptors (Lipinski definition) is 8. The fourth-order valence-corrected chi connectivity index (χ4v) is 3.02. The summed E-state index contributed by atoms with van der Waals surface area (Å²) in [6.45, 7) is 0.212. The van der Waals surface area contributed by atoms with Gasteiger partial charge in [-0.2, -0.15) is 0 Å². The number of benzene rings is 2. The maximum absolute atomic E-state index is 13.0. The molecule has 168 valence electrons. The molecule has 2 aliphatic rings. The molecule has 0 unspecified atom stereocenters. The van der Waals surface area contributed by atoms with Gasteiger partial charge in [0.2, 0.25) is 0 Å². The molecule has 0 radical (unpaired) electrons. The average Bonchev–Trinajstić information content (AvgIpc) is 3.08. The molecule has 0 aliphatic carbocycles. The van der Waals surface area contributed by atoms with Crippen LogP contribution in [-0.4, -0.2) is 43.8 Å². The third-order valence-corrected chi connectivity index (χ3v) is 4.47. The Kier molecular flexibility index (Phi) is 5.80. The number of Topliss-reactive ketones (excluding diaryl/α,β-unsaturated/α-hetero) is 1. The molecule has 0 aromatic heterocycles. The van der Waals surface area contributed by atoms with Gasteiger partial charge in [0.25, 0.3) is 5.91 Å². The van der Waals surface area contributed by atoms with E-state index in [0.29, 0.717) is 30.3 Å². The summed E-state index contributed by atoms with van der Waals surface area (Å²) in [6, 6.07) is 8.45. The highest BCUT2D eigenvalue weighted by molar-refractivity contribution is 5.98. The third-order valence-electron chi connectivity index (χ3n) is 4.47. The van der Waals surface area contributed by atoms with E-state index in [1.54, 1.807) is 18.2 Å². The summed E-state index contributed by atoms with van der Waals surface area (Å²) in [4.78, 5) is 36.1. The predicted molar refractivity (Wildman–Crippen MR) is 103 cm³/mol. The van der Waals surface area contributed by atoms with E-state index in [9.17, 15) is 23.2 Å². The van der Waals surface area contributed by atoms with Crippen molar-refractivity contribution in [3.05, 3.63) is 42.0 Å². The number of amides is 1. The van der Waals surface area contributed by atoms with Gasteiger partial charge in [0.05, 0.1) is 6.42 Å². The van der Waals surface area contributed by atoms with Crippen molar-refractivity contribution in [3.63, 3.8) is 0 Å². The lowest BCUT2D eigenvalue weighted by Crippen LogP contribution is -2.25. The van der Waals surface area contributed by atoms with Gasteiger partial charge < -0.3 is 29.0 Å². The van der Waals surface area contributed by atoms with Crippen molar-refractivity contribution in [3.8, 4) is 23.0 Å². The van der Waals surface area contributed by atoms with Crippen LogP contribution in [0.3, 0.4) is 0 Å². The van der Waals surface area contributed by atoms with Gasteiger partial charge in [-0.25, -0.2) is 0 Å². The Morgan fingerprint density at radius 2 is 1.62 bits per heavy atom. The molecule has 2 aromatic rings. The number of ketones is 1. The second-order valence-corrected chi connectivity index (χ2v) is 6.82. The van der Waals surface area contributed by atoms with Crippen LogP contribution < -0.4 is 24.3 Å². The molecule has 0 bridgehead atoms. The number of carbonyl (C=O) groups is 3. The third kappa shape index (κ3) is 5.05. The molecular formula is C21H17F2NO8. The van der Waals surface area contributed by atoms with Crippen molar-refractivity contribution in [2.24, 2.45) is 0 Å². The lowest BCUT2D eigenvalue weighted by Gasteiger charge is -2.18. The van der Waals surface area contributed by atoms with Gasteiger partial charge in [0.1, 0.15) is 13.2 Å². The van der Waals surface area contributed by atoms with Crippen molar-refractivity contribution in [2.75, 3.05) is 25.1 Å². The van der Waals surface area contributed by atoms with E-state index in [1.807, 2.05) is 0 Å². The second kappa shape index (κ2) is 8.69. The van der Waals surface area contributed by atoms with E-state index in [4.69, 9.17) is 14.2 Å². The number of nitrogens with one attached hydrogen (secondary N) is 1. The normalized spacial score (nSPS) is 15.1. The largest absolute Gasteiger partial charge is 0.586 e. The van der Waals surface area contributed by atoms with E-state index in [2.05, 4.69) is 14.8 Å². The zero-order valence-corrected chi connectivity index (χ0v) is 16.5. The van der Waals surface area contributed by atoms with Crippen LogP contribution in [0.15, 0.2) is 36.4 Å². The molecule has 9 nitrogen and oxygen atoms in total. The van der Waals surface area contributed by atoms with Crippen LogP contribution in [0.2, 0.25) is 0 Å². The number of ether oxygens (including phenoxy) is 5. The first-order valence-electron chi connectivity index (χ1n) is 9.57. The molecule has 2 aliphatic heterocycles. The second-order valence-electron chi connectivity index (χ2n) is 6.82. The number of alkyl halides is 2. The van der Waals surface area contributed by atoms with Crippen molar-refractivity contribution < 1.29 is 46.8 Å². The van der Waals surface area contributed by atoms with E-state index < -0.39 is 24.8 Å². The molecule has 0 saturated heterocycles. The van der Waals surface area contributed by atoms with Crippen LogP contribution in [0, 0.1) is 0 Å². The minimum atomic E-state index is -3.77. The lowest BCUT2D eigenvalue weighted by molar-refractivity contribution is -0.286. The number of esters is 1. The summed E-state index contributed by atoms with van der Waals surface area (Å²) in [6.07, 6.45) is -4.10. The fourth-order valence-electron chi connectivity index (χ4n) is 3.02. The zero-order valence-electron chi connectivity index (χ0n) is 16.5. The number of halogens is 2. The number of carbonyl (C=O) groups excluding carboxylic acids is 3. The number of anilines is 1. The van der Waals surface area contributed by atoms with Gasteiger partial charge in [-0.05, 0) is 30.3 Å². The highest BCUT2D eigenvalue weighted by atomic mass is 19.3. The topological polar surface area (TPSA) is 109 Å². The standard InChI is InChI=1S/C21H17F2NO8/c22-21(23)31-16-5-2-13(10-18(16)32-21)24-19(26)11-30-20(27)6-3-14(25)12-1-4-15-17(9-12)29-8-7-28-15/h1-2,4-5,9-10H,3,6-8,11H2,(H,24,26). The highest BCUT2D eigenvalue weighted by Gasteiger charge is 2.43. The van der Waals surface area contributed by atoms with E-state index in [0.717, 1.165) is 6.07 Å². The quantitative estimate of drug-likeness (QED) is 0.508. The van der Waals surface area contributed by atoms with Crippen LogP contribution in [-0.2, 0) is 14.3 Å². The van der Waals surface area contributed by atoms with Crippen LogP contribution >= 0.6 is 0 Å². The van der Waals surface area contributed by atoms with E-state index in [-0.39, 0.29) is 35.8 Å². The summed E-state index contributed by atoms with van der Waals surface area (Å²) >= 11 is 0. The van der Waals surface area contributed by atoms with Crippen molar-refractivity contribution in [1.82, 2.24) is 0 Å². The number of rotatable bonds is 7. The van der Waals surface area contributed by atoms with Gasteiger partial charge in [0.15, 0.2) is 35.4 Å². The minimum Gasteiger partial charge on any atom is -0.486 e. The first-order chi connectivity index (χ1) is 15.3. The molecule has 0 fully saturated rings. The van der Waals surface area contributed by atoms with Crippen LogP contribution in [0.4, 0.5) is 14.5 Å². The molecule has 2 heterocycles. The van der Waals surface area contributed by atoms with Crippen molar-refractivity contribution in [2.45, 2.75) is 19.1 Å². The lowest BCUT2D eigenvalue weighted by atomic mass is 10.1. The summed E-state index contributed by atoms with van der Waals surface area (Å²) in [7, 11) is 0. The Bertz CT molecular complexity index is 1070. The zero-order chi connectivity index (χ0) is 22.7. The molecule has 0 atom stereocenters. The number of hydrogen-bond donors (Lipinski definition) is 1. The molecule has 1 amide bonds. The fraction of sp³-hybridized carbons (Fsp3) is 0.286. The van der Waals surface area contributed by atoms with Gasteiger partial charge >= 0.3 is 12.3 Å². The summed E-state index contributed by atoms with van der Waals surface area (Å²) < 4.78 is 50.3. The van der Waals surface area contributed by atoms with E-state index in [1.165, 1.54) is 12.1 Å². The Labute approximate surface area is 180 Å². The Hall–Kier alpha value is -3.89. The molecule has 4 rings (SSSR count). The van der Waals surface area contributed by atoms with Gasteiger partial charge in [-0.3, -0.25) is 14.4 Å². The highest BCUT2D eigenvalue weighted by Crippen LogP contribution is 2.42. The first kappa shape index (κ1) is 21.3. The molecule has 11 heteroatoms. The van der Waals surface area contributed by atoms with Crippen LogP contribution in [0.5, 0.6) is 23.0 Å². The minimum absolute atomic E-state index is 0.115. The Morgan fingerprint density at radius 1 is 0.906 bits per heavy atom. The maximum Gasteiger partial charge on any atom is 0.586 e. The molecule has 32 heavy (non-hydrogen) atoms. The Balaban J connectivity index is 1.21.